The molecule has 0 aliphatic heterocycles. The zero-order valence-electron chi connectivity index (χ0n) is 13.8. The summed E-state index contributed by atoms with van der Waals surface area (Å²) in [6.45, 7) is 2.60. The largest absolute Gasteiger partial charge is 0.493 e. The molecule has 0 aliphatic rings. The Balaban J connectivity index is 2.51. The van der Waals surface area contributed by atoms with Crippen molar-refractivity contribution in [3.63, 3.8) is 0 Å². The molecule has 5 nitrogen and oxygen atoms in total. The Hall–Kier alpha value is -2.05. The second kappa shape index (κ2) is 9.86. The predicted octanol–water partition coefficient (Wildman–Crippen LogP) is 2.79. The first-order valence-electron chi connectivity index (χ1n) is 7.58. The molecule has 0 heterocycles. The van der Waals surface area contributed by atoms with E-state index in [4.69, 9.17) is 10.5 Å². The molecule has 0 radical (unpaired) electrons. The number of halogens is 2. The van der Waals surface area contributed by atoms with Gasteiger partial charge in [-0.15, -0.1) is 0 Å². The van der Waals surface area contributed by atoms with E-state index in [9.17, 15) is 8.78 Å². The van der Waals surface area contributed by atoms with E-state index in [1.165, 1.54) is 7.11 Å². The van der Waals surface area contributed by atoms with Gasteiger partial charge in [0.1, 0.15) is 0 Å². The number of benzene rings is 1. The van der Waals surface area contributed by atoms with Crippen LogP contribution in [0.3, 0.4) is 0 Å². The zero-order chi connectivity index (χ0) is 17.2. The van der Waals surface area contributed by atoms with Gasteiger partial charge in [0.05, 0.1) is 7.11 Å². The van der Waals surface area contributed by atoms with Crippen molar-refractivity contribution < 1.29 is 18.3 Å². The summed E-state index contributed by atoms with van der Waals surface area (Å²) in [4.78, 5) is 4.22. The van der Waals surface area contributed by atoms with Crippen LogP contribution in [0.4, 0.5) is 8.78 Å². The first-order chi connectivity index (χ1) is 10.9. The maximum absolute atomic E-state index is 12.4. The van der Waals surface area contributed by atoms with Crippen molar-refractivity contribution in [1.82, 2.24) is 5.32 Å². The number of guanidine groups is 1. The highest BCUT2D eigenvalue weighted by Crippen LogP contribution is 2.29. The maximum Gasteiger partial charge on any atom is 0.387 e. The summed E-state index contributed by atoms with van der Waals surface area (Å²) >= 11 is 0. The number of hydrogen-bond acceptors (Lipinski definition) is 3. The number of aliphatic imine (C=N–C) groups is 1. The van der Waals surface area contributed by atoms with E-state index in [0.717, 1.165) is 12.0 Å². The van der Waals surface area contributed by atoms with Gasteiger partial charge in [0, 0.05) is 13.1 Å². The second-order valence-electron chi connectivity index (χ2n) is 5.49. The van der Waals surface area contributed by atoms with Gasteiger partial charge < -0.3 is 20.5 Å². The second-order valence-corrected chi connectivity index (χ2v) is 5.49. The van der Waals surface area contributed by atoms with Crippen molar-refractivity contribution in [2.24, 2.45) is 16.6 Å². The van der Waals surface area contributed by atoms with Crippen LogP contribution in [-0.2, 0) is 6.42 Å². The number of ether oxygens (including phenoxy) is 2. The molecule has 0 spiro atoms. The Bertz CT molecular complexity index is 508. The van der Waals surface area contributed by atoms with Gasteiger partial charge in [-0.1, -0.05) is 19.9 Å². The fourth-order valence-electron chi connectivity index (χ4n) is 1.90. The fourth-order valence-corrected chi connectivity index (χ4v) is 1.90. The Kier molecular flexibility index (Phi) is 8.15. The van der Waals surface area contributed by atoms with Gasteiger partial charge in [-0.3, -0.25) is 4.99 Å². The maximum atomic E-state index is 12.4. The smallest absolute Gasteiger partial charge is 0.387 e. The fraction of sp³-hybridized carbons (Fsp3) is 0.562. The molecule has 1 aromatic carbocycles. The molecule has 0 aliphatic carbocycles. The van der Waals surface area contributed by atoms with Crippen molar-refractivity contribution in [1.29, 1.82) is 0 Å². The lowest BCUT2D eigenvalue weighted by Crippen LogP contribution is -2.33. The summed E-state index contributed by atoms with van der Waals surface area (Å²) in [5, 5.41) is 3.00. The molecule has 3 N–H and O–H groups in total. The SMILES string of the molecule is COc1ccc(CCNC(N)=NCCC(C)C)cc1OC(F)F. The molecule has 0 amide bonds. The summed E-state index contributed by atoms with van der Waals surface area (Å²) in [6, 6.07) is 4.94. The van der Waals surface area contributed by atoms with E-state index >= 15 is 0 Å². The number of nitrogens with two attached hydrogens (primary N) is 1. The van der Waals surface area contributed by atoms with Gasteiger partial charge in [-0.25, -0.2) is 0 Å². The zero-order valence-corrected chi connectivity index (χ0v) is 13.8. The molecule has 1 aromatic rings. The van der Waals surface area contributed by atoms with Crippen LogP contribution in [0.25, 0.3) is 0 Å². The lowest BCUT2D eigenvalue weighted by atomic mass is 10.1. The number of methoxy groups -OCH3 is 1. The van der Waals surface area contributed by atoms with Crippen LogP contribution in [0, 0.1) is 5.92 Å². The van der Waals surface area contributed by atoms with Gasteiger partial charge in [-0.2, -0.15) is 8.78 Å². The highest BCUT2D eigenvalue weighted by atomic mass is 19.3. The number of rotatable bonds is 9. The van der Waals surface area contributed by atoms with Crippen molar-refractivity contribution in [3.8, 4) is 11.5 Å². The van der Waals surface area contributed by atoms with Gasteiger partial charge in [-0.05, 0) is 36.5 Å². The first kappa shape index (κ1) is 19.0. The van der Waals surface area contributed by atoms with Gasteiger partial charge in [0.15, 0.2) is 17.5 Å². The molecule has 1 rings (SSSR count). The third-order valence-electron chi connectivity index (χ3n) is 3.15. The van der Waals surface area contributed by atoms with E-state index in [-0.39, 0.29) is 11.5 Å². The van der Waals surface area contributed by atoms with Gasteiger partial charge in [0.25, 0.3) is 0 Å². The lowest BCUT2D eigenvalue weighted by molar-refractivity contribution is -0.0512. The van der Waals surface area contributed by atoms with Crippen LogP contribution in [-0.4, -0.2) is 32.8 Å². The quantitative estimate of drug-likeness (QED) is 0.540. The number of nitrogens with one attached hydrogen (secondary N) is 1. The molecule has 0 saturated heterocycles. The molecule has 0 fully saturated rings. The third-order valence-corrected chi connectivity index (χ3v) is 3.15. The van der Waals surface area contributed by atoms with Crippen molar-refractivity contribution in [2.75, 3.05) is 20.2 Å². The van der Waals surface area contributed by atoms with Gasteiger partial charge >= 0.3 is 6.61 Å². The Morgan fingerprint density at radius 3 is 2.65 bits per heavy atom. The van der Waals surface area contributed by atoms with Crippen molar-refractivity contribution >= 4 is 5.96 Å². The van der Waals surface area contributed by atoms with Crippen LogP contribution in [0.2, 0.25) is 0 Å². The molecule has 0 unspecified atom stereocenters. The highest BCUT2D eigenvalue weighted by Gasteiger charge is 2.11. The minimum Gasteiger partial charge on any atom is -0.493 e. The van der Waals surface area contributed by atoms with Crippen LogP contribution in [0.5, 0.6) is 11.5 Å². The molecule has 130 valence electrons. The molecular weight excluding hydrogens is 304 g/mol. The van der Waals surface area contributed by atoms with Crippen LogP contribution >= 0.6 is 0 Å². The topological polar surface area (TPSA) is 68.9 Å². The van der Waals surface area contributed by atoms with Crippen LogP contribution in [0.1, 0.15) is 25.8 Å². The number of nitrogens with zero attached hydrogens (tertiary/aromatic N) is 1. The molecule has 0 aromatic heterocycles. The predicted molar refractivity (Wildman–Crippen MR) is 87.3 cm³/mol. The molecule has 7 heteroatoms. The number of alkyl halides is 2. The summed E-state index contributed by atoms with van der Waals surface area (Å²) < 4.78 is 34.2. The van der Waals surface area contributed by atoms with E-state index in [0.29, 0.717) is 31.4 Å². The van der Waals surface area contributed by atoms with Crippen LogP contribution in [0.15, 0.2) is 23.2 Å². The molecular formula is C16H25F2N3O2. The Morgan fingerprint density at radius 2 is 2.04 bits per heavy atom. The molecule has 0 atom stereocenters. The Labute approximate surface area is 135 Å². The number of hydrogen-bond donors (Lipinski definition) is 2. The summed E-state index contributed by atoms with van der Waals surface area (Å²) in [7, 11) is 1.41. The minimum atomic E-state index is -2.89. The minimum absolute atomic E-state index is 0.0265. The van der Waals surface area contributed by atoms with Crippen molar-refractivity contribution in [3.05, 3.63) is 23.8 Å². The molecule has 0 bridgehead atoms. The standard InChI is InChI=1S/C16H25F2N3O2/c1-11(2)6-8-20-16(19)21-9-7-12-4-5-13(22-3)14(10-12)23-15(17)18/h4-5,10-11,15H,6-9H2,1-3H3,(H3,19,20,21). The molecule has 23 heavy (non-hydrogen) atoms. The Morgan fingerprint density at radius 1 is 1.30 bits per heavy atom. The van der Waals surface area contributed by atoms with E-state index < -0.39 is 6.61 Å². The van der Waals surface area contributed by atoms with Crippen molar-refractivity contribution in [2.45, 2.75) is 33.3 Å². The highest BCUT2D eigenvalue weighted by molar-refractivity contribution is 5.77. The lowest BCUT2D eigenvalue weighted by Gasteiger charge is -2.12. The molecule has 0 saturated carbocycles. The van der Waals surface area contributed by atoms with Crippen LogP contribution < -0.4 is 20.5 Å². The van der Waals surface area contributed by atoms with Gasteiger partial charge in [0.2, 0.25) is 0 Å². The first-order valence-corrected chi connectivity index (χ1v) is 7.58. The average molecular weight is 329 g/mol. The van der Waals surface area contributed by atoms with E-state index in [2.05, 4.69) is 28.9 Å². The monoisotopic (exact) mass is 329 g/mol. The average Bonchev–Trinajstić information content (AvgIpc) is 2.46. The summed E-state index contributed by atoms with van der Waals surface area (Å²) in [6.07, 6.45) is 1.58. The third kappa shape index (κ3) is 7.67. The van der Waals surface area contributed by atoms with E-state index in [1.807, 2.05) is 0 Å². The summed E-state index contributed by atoms with van der Waals surface area (Å²) in [5.41, 5.74) is 6.60. The normalized spacial score (nSPS) is 11.9. The summed E-state index contributed by atoms with van der Waals surface area (Å²) in [5.74, 6) is 1.28. The van der Waals surface area contributed by atoms with E-state index in [1.54, 1.807) is 18.2 Å².